The Hall–Kier alpha value is -2.45. The van der Waals surface area contributed by atoms with Crippen molar-refractivity contribution in [2.75, 3.05) is 20.8 Å². The van der Waals surface area contributed by atoms with Crippen molar-refractivity contribution in [1.29, 1.82) is 0 Å². The highest BCUT2D eigenvalue weighted by atomic mass is 32.1. The van der Waals surface area contributed by atoms with Crippen molar-refractivity contribution in [1.82, 2.24) is 24.6 Å². The number of aromatic nitrogens is 4. The van der Waals surface area contributed by atoms with Gasteiger partial charge in [-0.15, -0.1) is 21.5 Å². The second-order valence-electron chi connectivity index (χ2n) is 6.84. The number of hydrogen-bond donors (Lipinski definition) is 0. The van der Waals surface area contributed by atoms with Crippen LogP contribution in [-0.2, 0) is 19.5 Å². The minimum absolute atomic E-state index is 0.158. The van der Waals surface area contributed by atoms with Crippen LogP contribution in [0, 0.1) is 0 Å². The fourth-order valence-corrected chi connectivity index (χ4v) is 4.34. The predicted octanol–water partition coefficient (Wildman–Crippen LogP) is 3.56. The maximum atomic E-state index is 5.56. The number of benzene rings is 1. The quantitative estimate of drug-likeness (QED) is 0.631. The van der Waals surface area contributed by atoms with Crippen LogP contribution in [0.1, 0.15) is 36.3 Å². The van der Waals surface area contributed by atoms with E-state index in [1.807, 2.05) is 12.1 Å². The maximum absolute atomic E-state index is 5.56. The van der Waals surface area contributed by atoms with E-state index in [1.165, 1.54) is 0 Å². The zero-order valence-corrected chi connectivity index (χ0v) is 17.5. The molecule has 1 aliphatic heterocycles. The fraction of sp³-hybridized carbons (Fsp3) is 0.450. The summed E-state index contributed by atoms with van der Waals surface area (Å²) >= 11 is 1.68. The van der Waals surface area contributed by atoms with Gasteiger partial charge in [-0.25, -0.2) is 4.98 Å². The molecule has 4 rings (SSSR count). The van der Waals surface area contributed by atoms with Gasteiger partial charge in [0, 0.05) is 36.6 Å². The lowest BCUT2D eigenvalue weighted by Crippen LogP contribution is -2.36. The predicted molar refractivity (Wildman–Crippen MR) is 109 cm³/mol. The van der Waals surface area contributed by atoms with Gasteiger partial charge in [0.25, 0.3) is 0 Å². The fourth-order valence-electron chi connectivity index (χ4n) is 3.61. The lowest BCUT2D eigenvalue weighted by Gasteiger charge is -2.33. The summed E-state index contributed by atoms with van der Waals surface area (Å²) in [5.74, 6) is 3.50. The van der Waals surface area contributed by atoms with Crippen LogP contribution < -0.4 is 9.47 Å². The van der Waals surface area contributed by atoms with Crippen LogP contribution in [0.15, 0.2) is 23.6 Å². The molecule has 7 nitrogen and oxygen atoms in total. The molecule has 0 fully saturated rings. The first-order valence-corrected chi connectivity index (χ1v) is 10.3. The summed E-state index contributed by atoms with van der Waals surface area (Å²) in [6, 6.07) is 6.13. The molecular weight excluding hydrogens is 374 g/mol. The van der Waals surface area contributed by atoms with Gasteiger partial charge in [-0.1, -0.05) is 13.0 Å². The molecule has 0 saturated heterocycles. The Morgan fingerprint density at radius 3 is 2.75 bits per heavy atom. The SMILES string of the molecule is CCc1nc(-c2nnc3n2CCN(Cc2ccc(OC)cc2OC)[C@@H]3C)cs1. The first kappa shape index (κ1) is 18.9. The summed E-state index contributed by atoms with van der Waals surface area (Å²) in [7, 11) is 3.36. The third-order valence-corrected chi connectivity index (χ3v) is 6.26. The van der Waals surface area contributed by atoms with E-state index in [0.717, 1.165) is 65.5 Å². The molecule has 1 atom stereocenters. The van der Waals surface area contributed by atoms with E-state index in [9.17, 15) is 0 Å². The monoisotopic (exact) mass is 399 g/mol. The highest BCUT2D eigenvalue weighted by molar-refractivity contribution is 7.09. The molecule has 0 saturated carbocycles. The molecule has 1 aromatic carbocycles. The van der Waals surface area contributed by atoms with Crippen LogP contribution in [0.4, 0.5) is 0 Å². The zero-order chi connectivity index (χ0) is 19.7. The molecule has 3 heterocycles. The third-order valence-electron chi connectivity index (χ3n) is 5.26. The molecule has 0 radical (unpaired) electrons. The molecule has 8 heteroatoms. The first-order valence-electron chi connectivity index (χ1n) is 9.47. The molecule has 2 aromatic heterocycles. The summed E-state index contributed by atoms with van der Waals surface area (Å²) in [5.41, 5.74) is 2.06. The molecule has 1 aliphatic rings. The van der Waals surface area contributed by atoms with Gasteiger partial charge in [-0.2, -0.15) is 0 Å². The smallest absolute Gasteiger partial charge is 0.183 e. The lowest BCUT2D eigenvalue weighted by atomic mass is 10.1. The van der Waals surface area contributed by atoms with Gasteiger partial charge in [0.1, 0.15) is 17.2 Å². The third kappa shape index (κ3) is 3.38. The Balaban J connectivity index is 1.57. The Labute approximate surface area is 168 Å². The van der Waals surface area contributed by atoms with Gasteiger partial charge in [0.15, 0.2) is 11.6 Å². The van der Waals surface area contributed by atoms with E-state index >= 15 is 0 Å². The largest absolute Gasteiger partial charge is 0.497 e. The Morgan fingerprint density at radius 1 is 1.18 bits per heavy atom. The maximum Gasteiger partial charge on any atom is 0.183 e. The van der Waals surface area contributed by atoms with E-state index in [2.05, 4.69) is 49.9 Å². The Bertz CT molecular complexity index is 967. The molecule has 0 amide bonds. The van der Waals surface area contributed by atoms with Gasteiger partial charge in [0.05, 0.1) is 25.3 Å². The number of fused-ring (bicyclic) bond motifs is 1. The van der Waals surface area contributed by atoms with Crippen molar-refractivity contribution < 1.29 is 9.47 Å². The molecule has 28 heavy (non-hydrogen) atoms. The standard InChI is InChI=1S/C20H25N5O2S/c1-5-18-21-16(12-28-18)20-23-22-19-13(2)24(8-9-25(19)20)11-14-6-7-15(26-3)10-17(14)27-4/h6-7,10,12-13H,5,8-9,11H2,1-4H3/t13-/m1/s1. The first-order chi connectivity index (χ1) is 13.6. The number of rotatable bonds is 6. The normalized spacial score (nSPS) is 16.8. The second kappa shape index (κ2) is 7.89. The number of aryl methyl sites for hydroxylation is 1. The van der Waals surface area contributed by atoms with E-state index < -0.39 is 0 Å². The van der Waals surface area contributed by atoms with E-state index in [4.69, 9.17) is 9.47 Å². The van der Waals surface area contributed by atoms with Crippen LogP contribution in [-0.4, -0.2) is 45.4 Å². The summed E-state index contributed by atoms with van der Waals surface area (Å²) in [6.45, 7) is 6.85. The average molecular weight is 400 g/mol. The van der Waals surface area contributed by atoms with Crippen molar-refractivity contribution in [2.45, 2.75) is 39.4 Å². The molecule has 0 bridgehead atoms. The van der Waals surface area contributed by atoms with Crippen LogP contribution in [0.3, 0.4) is 0 Å². The molecule has 0 spiro atoms. The molecule has 0 unspecified atom stereocenters. The van der Waals surface area contributed by atoms with Crippen LogP contribution in [0.25, 0.3) is 11.5 Å². The number of hydrogen-bond acceptors (Lipinski definition) is 7. The minimum atomic E-state index is 0.158. The zero-order valence-electron chi connectivity index (χ0n) is 16.7. The molecular formula is C20H25N5O2S. The Kier molecular flexibility index (Phi) is 5.32. The van der Waals surface area contributed by atoms with Gasteiger partial charge in [-0.05, 0) is 19.4 Å². The number of ether oxygens (including phenoxy) is 2. The Morgan fingerprint density at radius 2 is 2.04 bits per heavy atom. The van der Waals surface area contributed by atoms with Crippen LogP contribution in [0.5, 0.6) is 11.5 Å². The van der Waals surface area contributed by atoms with Crippen LogP contribution in [0.2, 0.25) is 0 Å². The lowest BCUT2D eigenvalue weighted by molar-refractivity contribution is 0.155. The van der Waals surface area contributed by atoms with Crippen molar-refractivity contribution in [3.8, 4) is 23.0 Å². The second-order valence-corrected chi connectivity index (χ2v) is 7.78. The van der Waals surface area contributed by atoms with E-state index in [0.29, 0.717) is 0 Å². The van der Waals surface area contributed by atoms with Crippen molar-refractivity contribution in [2.24, 2.45) is 0 Å². The van der Waals surface area contributed by atoms with Crippen molar-refractivity contribution in [3.05, 3.63) is 40.0 Å². The number of nitrogens with zero attached hydrogens (tertiary/aromatic N) is 5. The summed E-state index contributed by atoms with van der Waals surface area (Å²) in [6.07, 6.45) is 0.944. The number of thiazole rings is 1. The molecule has 148 valence electrons. The van der Waals surface area contributed by atoms with Crippen molar-refractivity contribution in [3.63, 3.8) is 0 Å². The minimum Gasteiger partial charge on any atom is -0.497 e. The van der Waals surface area contributed by atoms with Crippen molar-refractivity contribution >= 4 is 11.3 Å². The molecule has 0 aliphatic carbocycles. The summed E-state index contributed by atoms with van der Waals surface area (Å²) in [4.78, 5) is 7.08. The summed E-state index contributed by atoms with van der Waals surface area (Å²) in [5, 5.41) is 12.2. The summed E-state index contributed by atoms with van der Waals surface area (Å²) < 4.78 is 13.1. The molecule has 3 aromatic rings. The topological polar surface area (TPSA) is 65.3 Å². The highest BCUT2D eigenvalue weighted by Crippen LogP contribution is 2.32. The average Bonchev–Trinajstić information content (AvgIpc) is 3.37. The van der Waals surface area contributed by atoms with Crippen LogP contribution >= 0.6 is 11.3 Å². The van der Waals surface area contributed by atoms with Gasteiger partial charge in [-0.3, -0.25) is 4.90 Å². The van der Waals surface area contributed by atoms with Gasteiger partial charge >= 0.3 is 0 Å². The molecule has 0 N–H and O–H groups in total. The number of methoxy groups -OCH3 is 2. The van der Waals surface area contributed by atoms with E-state index in [1.54, 1.807) is 25.6 Å². The highest BCUT2D eigenvalue weighted by Gasteiger charge is 2.29. The van der Waals surface area contributed by atoms with Gasteiger partial charge < -0.3 is 14.0 Å². The van der Waals surface area contributed by atoms with Gasteiger partial charge in [0.2, 0.25) is 0 Å². The van der Waals surface area contributed by atoms with E-state index in [-0.39, 0.29) is 6.04 Å².